The molecule has 0 unspecified atom stereocenters. The number of benzene rings is 1. The van der Waals surface area contributed by atoms with Crippen molar-refractivity contribution in [1.82, 2.24) is 0 Å². The van der Waals surface area contributed by atoms with Gasteiger partial charge >= 0.3 is 0 Å². The molecule has 0 N–H and O–H groups in total. The predicted molar refractivity (Wildman–Crippen MR) is 78.0 cm³/mol. The van der Waals surface area contributed by atoms with Crippen molar-refractivity contribution < 1.29 is 0 Å². The quantitative estimate of drug-likeness (QED) is 0.609. The van der Waals surface area contributed by atoms with Gasteiger partial charge in [0.15, 0.2) is 0 Å². The summed E-state index contributed by atoms with van der Waals surface area (Å²) < 4.78 is 0. The molecule has 1 aromatic rings. The van der Waals surface area contributed by atoms with Crippen LogP contribution < -0.4 is 0 Å². The molecule has 0 amide bonds. The summed E-state index contributed by atoms with van der Waals surface area (Å²) in [6.45, 7) is 11.8. The Hall–Kier alpha value is -1.82. The van der Waals surface area contributed by atoms with Crippen LogP contribution in [0.3, 0.4) is 0 Å². The molecule has 0 aliphatic heterocycles. The monoisotopic (exact) mass is 224 g/mol. The Balaban J connectivity index is 3.03. The van der Waals surface area contributed by atoms with E-state index < -0.39 is 0 Å². The van der Waals surface area contributed by atoms with E-state index in [1.807, 2.05) is 18.2 Å². The summed E-state index contributed by atoms with van der Waals surface area (Å²) in [5.41, 5.74) is 3.71. The zero-order chi connectivity index (χ0) is 12.7. The second kappa shape index (κ2) is 6.70. The van der Waals surface area contributed by atoms with Gasteiger partial charge in [-0.05, 0) is 22.6 Å². The molecule has 0 fully saturated rings. The highest BCUT2D eigenvalue weighted by atomic mass is 14.1. The zero-order valence-corrected chi connectivity index (χ0v) is 10.7. The molecule has 1 aromatic carbocycles. The molecule has 0 spiro atoms. The molecule has 0 saturated heterocycles. The average Bonchev–Trinajstić information content (AvgIpc) is 2.34. The second-order valence-electron chi connectivity index (χ2n) is 4.23. The third kappa shape index (κ3) is 3.92. The minimum Gasteiger partial charge on any atom is -0.0991 e. The van der Waals surface area contributed by atoms with E-state index in [0.717, 1.165) is 5.57 Å². The van der Waals surface area contributed by atoms with Crippen LogP contribution in [0.1, 0.15) is 30.9 Å². The second-order valence-corrected chi connectivity index (χ2v) is 4.23. The number of rotatable bonds is 5. The van der Waals surface area contributed by atoms with Gasteiger partial charge in [-0.3, -0.25) is 0 Å². The summed E-state index contributed by atoms with van der Waals surface area (Å²) >= 11 is 0. The lowest BCUT2D eigenvalue weighted by atomic mass is 9.98. The summed E-state index contributed by atoms with van der Waals surface area (Å²) in [5, 5.41) is 0. The van der Waals surface area contributed by atoms with Crippen LogP contribution in [0.4, 0.5) is 0 Å². The van der Waals surface area contributed by atoms with E-state index in [0.29, 0.717) is 5.92 Å². The molecule has 0 nitrogen and oxygen atoms in total. The average molecular weight is 224 g/mol. The maximum atomic E-state index is 3.74. The van der Waals surface area contributed by atoms with E-state index >= 15 is 0 Å². The molecule has 0 aliphatic carbocycles. The van der Waals surface area contributed by atoms with Crippen LogP contribution >= 0.6 is 0 Å². The summed E-state index contributed by atoms with van der Waals surface area (Å²) in [6.07, 6.45) is 9.56. The highest BCUT2D eigenvalue weighted by Gasteiger charge is 2.00. The molecule has 0 atom stereocenters. The van der Waals surface area contributed by atoms with E-state index in [1.54, 1.807) is 12.2 Å². The zero-order valence-electron chi connectivity index (χ0n) is 10.7. The number of hydrogen-bond acceptors (Lipinski definition) is 0. The lowest BCUT2D eigenvalue weighted by Crippen LogP contribution is -1.88. The molecule has 0 heteroatoms. The van der Waals surface area contributed by atoms with Crippen molar-refractivity contribution in [3.63, 3.8) is 0 Å². The first-order valence-corrected chi connectivity index (χ1v) is 5.91. The number of hydrogen-bond donors (Lipinski definition) is 0. The third-order valence-corrected chi connectivity index (χ3v) is 2.62. The van der Waals surface area contributed by atoms with Gasteiger partial charge in [0.1, 0.15) is 0 Å². The molecule has 0 saturated carbocycles. The van der Waals surface area contributed by atoms with E-state index in [4.69, 9.17) is 0 Å². The normalized spacial score (nSPS) is 12.1. The Bertz CT molecular complexity index is 428. The molecule has 0 bridgehead atoms. The van der Waals surface area contributed by atoms with Gasteiger partial charge in [0, 0.05) is 0 Å². The van der Waals surface area contributed by atoms with Crippen molar-refractivity contribution in [1.29, 1.82) is 0 Å². The van der Waals surface area contributed by atoms with Gasteiger partial charge in [-0.25, -0.2) is 0 Å². The largest absolute Gasteiger partial charge is 0.0991 e. The van der Waals surface area contributed by atoms with Gasteiger partial charge in [-0.1, -0.05) is 81.7 Å². The highest BCUT2D eigenvalue weighted by molar-refractivity contribution is 5.75. The van der Waals surface area contributed by atoms with Crippen LogP contribution in [-0.2, 0) is 0 Å². The van der Waals surface area contributed by atoms with E-state index in [-0.39, 0.29) is 0 Å². The first kappa shape index (κ1) is 13.2. The Morgan fingerprint density at radius 1 is 1.06 bits per heavy atom. The van der Waals surface area contributed by atoms with Crippen molar-refractivity contribution in [2.24, 2.45) is 0 Å². The molecule has 0 heterocycles. The van der Waals surface area contributed by atoms with Gasteiger partial charge in [-0.15, -0.1) is 0 Å². The van der Waals surface area contributed by atoms with E-state index in [1.165, 1.54) is 11.1 Å². The minimum atomic E-state index is 0.569. The maximum absolute atomic E-state index is 3.74. The lowest BCUT2D eigenvalue weighted by molar-refractivity contribution is 0.866. The maximum Gasteiger partial charge on any atom is -0.0184 e. The van der Waals surface area contributed by atoms with E-state index in [9.17, 15) is 0 Å². The highest BCUT2D eigenvalue weighted by Crippen LogP contribution is 2.20. The Labute approximate surface area is 105 Å². The first-order valence-electron chi connectivity index (χ1n) is 5.91. The SMILES string of the molecule is C=C/C=C\C(=C/C=C)c1ccc(C(C)C)cc1. The lowest BCUT2D eigenvalue weighted by Gasteiger charge is -2.07. The van der Waals surface area contributed by atoms with E-state index in [2.05, 4.69) is 51.3 Å². The molecule has 88 valence electrons. The van der Waals surface area contributed by atoms with Crippen molar-refractivity contribution in [2.75, 3.05) is 0 Å². The standard InChI is InChI=1S/C17H20/c1-5-7-9-16(8-6-2)17-12-10-15(11-13-17)14(3)4/h5-14H,1-2H2,3-4H3/b9-7-,16-8+. The molecule has 0 radical (unpaired) electrons. The summed E-state index contributed by atoms with van der Waals surface area (Å²) in [4.78, 5) is 0. The van der Waals surface area contributed by atoms with Crippen molar-refractivity contribution in [3.8, 4) is 0 Å². The van der Waals surface area contributed by atoms with Crippen LogP contribution in [0.15, 0.2) is 67.8 Å². The molecule has 0 aliphatic rings. The smallest absolute Gasteiger partial charge is 0.0184 e. The first-order chi connectivity index (χ1) is 8.19. The minimum absolute atomic E-state index is 0.569. The summed E-state index contributed by atoms with van der Waals surface area (Å²) in [6, 6.07) is 8.66. The van der Waals surface area contributed by atoms with Gasteiger partial charge < -0.3 is 0 Å². The third-order valence-electron chi connectivity index (χ3n) is 2.62. The molecule has 1 rings (SSSR count). The van der Waals surface area contributed by atoms with Crippen LogP contribution in [0, 0.1) is 0 Å². The van der Waals surface area contributed by atoms with Gasteiger partial charge in [0.05, 0.1) is 0 Å². The Kier molecular flexibility index (Phi) is 5.22. The van der Waals surface area contributed by atoms with Gasteiger partial charge in [0.2, 0.25) is 0 Å². The van der Waals surface area contributed by atoms with Crippen molar-refractivity contribution in [2.45, 2.75) is 19.8 Å². The topological polar surface area (TPSA) is 0 Å². The van der Waals surface area contributed by atoms with Gasteiger partial charge in [-0.2, -0.15) is 0 Å². The summed E-state index contributed by atoms with van der Waals surface area (Å²) in [7, 11) is 0. The van der Waals surface area contributed by atoms with Gasteiger partial charge in [0.25, 0.3) is 0 Å². The fraction of sp³-hybridized carbons (Fsp3) is 0.176. The summed E-state index contributed by atoms with van der Waals surface area (Å²) in [5.74, 6) is 0.569. The van der Waals surface area contributed by atoms with Crippen LogP contribution in [-0.4, -0.2) is 0 Å². The van der Waals surface area contributed by atoms with Crippen molar-refractivity contribution >= 4 is 5.57 Å². The Morgan fingerprint density at radius 3 is 2.18 bits per heavy atom. The van der Waals surface area contributed by atoms with Crippen LogP contribution in [0.25, 0.3) is 5.57 Å². The van der Waals surface area contributed by atoms with Crippen LogP contribution in [0.2, 0.25) is 0 Å². The number of allylic oxidation sites excluding steroid dienone is 6. The molecular weight excluding hydrogens is 204 g/mol. The molecular formula is C17H20. The van der Waals surface area contributed by atoms with Crippen molar-refractivity contribution in [3.05, 3.63) is 78.9 Å². The predicted octanol–water partition coefficient (Wildman–Crippen LogP) is 5.12. The fourth-order valence-corrected chi connectivity index (χ4v) is 1.61. The van der Waals surface area contributed by atoms with Crippen LogP contribution in [0.5, 0.6) is 0 Å². The molecule has 17 heavy (non-hydrogen) atoms. The Morgan fingerprint density at radius 2 is 1.71 bits per heavy atom. The molecule has 0 aromatic heterocycles. The fourth-order valence-electron chi connectivity index (χ4n) is 1.61.